The van der Waals surface area contributed by atoms with Crippen LogP contribution < -0.4 is 5.32 Å². The number of carbonyl (C=O) groups is 1. The van der Waals surface area contributed by atoms with Gasteiger partial charge in [0.1, 0.15) is 0 Å². The topological polar surface area (TPSA) is 52.6 Å². The first-order valence-electron chi connectivity index (χ1n) is 8.63. The van der Waals surface area contributed by atoms with E-state index >= 15 is 0 Å². The highest BCUT2D eigenvalue weighted by Crippen LogP contribution is 2.52. The molecular weight excluding hydrogens is 288 g/mol. The number of anilines is 1. The lowest BCUT2D eigenvalue weighted by Crippen LogP contribution is -2.49. The van der Waals surface area contributed by atoms with E-state index in [1.54, 1.807) is 0 Å². The van der Waals surface area contributed by atoms with E-state index in [2.05, 4.69) is 42.4 Å². The average molecular weight is 312 g/mol. The number of nitrogens with one attached hydrogen (secondary N) is 1. The van der Waals surface area contributed by atoms with E-state index in [1.807, 2.05) is 6.08 Å². The molecule has 0 aromatic heterocycles. The summed E-state index contributed by atoms with van der Waals surface area (Å²) in [5.74, 6) is -0.0141. The maximum absolute atomic E-state index is 11.6. The summed E-state index contributed by atoms with van der Waals surface area (Å²) in [7, 11) is 2.09. The molecule has 1 aromatic carbocycles. The summed E-state index contributed by atoms with van der Waals surface area (Å²) in [6, 6.07) is 6.77. The molecule has 2 heterocycles. The zero-order chi connectivity index (χ0) is 16.1. The number of carboxylic acids is 1. The second-order valence-electron chi connectivity index (χ2n) is 7.16. The van der Waals surface area contributed by atoms with E-state index in [1.165, 1.54) is 35.2 Å². The number of likely N-dealkylation sites (N-methyl/N-ethyl adjacent to an activating group) is 1. The minimum absolute atomic E-state index is 0.346. The molecule has 0 fully saturated rings. The Kier molecular flexibility index (Phi) is 3.45. The summed E-state index contributed by atoms with van der Waals surface area (Å²) in [4.78, 5) is 13.8. The third kappa shape index (κ3) is 2.12. The Morgan fingerprint density at radius 1 is 1.43 bits per heavy atom. The van der Waals surface area contributed by atoms with Gasteiger partial charge in [0, 0.05) is 30.7 Å². The van der Waals surface area contributed by atoms with Crippen LogP contribution >= 0.6 is 0 Å². The van der Waals surface area contributed by atoms with Crippen LogP contribution in [0.3, 0.4) is 0 Å². The maximum Gasteiger partial charge on any atom is 0.311 e. The van der Waals surface area contributed by atoms with Crippen LogP contribution in [-0.4, -0.2) is 42.2 Å². The number of rotatable bonds is 3. The van der Waals surface area contributed by atoms with E-state index in [9.17, 15) is 9.90 Å². The molecular formula is C19H24N2O2. The van der Waals surface area contributed by atoms with Crippen molar-refractivity contribution >= 4 is 17.2 Å². The lowest BCUT2D eigenvalue weighted by molar-refractivity contribution is -0.140. The maximum atomic E-state index is 11.6. The fourth-order valence-electron chi connectivity index (χ4n) is 4.96. The van der Waals surface area contributed by atoms with Gasteiger partial charge in [0.05, 0.1) is 5.92 Å². The highest BCUT2D eigenvalue weighted by molar-refractivity contribution is 5.85. The van der Waals surface area contributed by atoms with Crippen molar-refractivity contribution in [2.45, 2.75) is 31.7 Å². The van der Waals surface area contributed by atoms with Crippen molar-refractivity contribution in [1.29, 1.82) is 0 Å². The van der Waals surface area contributed by atoms with Crippen molar-refractivity contribution in [2.24, 2.45) is 11.8 Å². The number of carboxylic acid groups (broad SMARTS) is 1. The van der Waals surface area contributed by atoms with Crippen LogP contribution in [0, 0.1) is 11.8 Å². The van der Waals surface area contributed by atoms with E-state index in [-0.39, 0.29) is 0 Å². The summed E-state index contributed by atoms with van der Waals surface area (Å²) in [5.41, 5.74) is 5.18. The standard InChI is InChI=1S/C19H24N2O2/c1-3-5-13-15-9-20-16-7-4-6-12(17(15)16)14-8-11(19(22)23)10-21(2)18(13)14/h4,6-8,11,13,15,18,20H,3,5,9-10H2,1-2H3,(H,22,23)/t11-,13?,15?,18-/m1/s1. The molecule has 1 aliphatic carbocycles. The van der Waals surface area contributed by atoms with Crippen LogP contribution in [0.25, 0.3) is 5.57 Å². The second-order valence-corrected chi connectivity index (χ2v) is 7.16. The molecule has 4 nitrogen and oxygen atoms in total. The molecule has 2 N–H and O–H groups in total. The van der Waals surface area contributed by atoms with Gasteiger partial charge >= 0.3 is 5.97 Å². The largest absolute Gasteiger partial charge is 0.481 e. The van der Waals surface area contributed by atoms with Crippen LogP contribution in [0.5, 0.6) is 0 Å². The Labute approximate surface area is 137 Å². The highest BCUT2D eigenvalue weighted by Gasteiger charge is 2.46. The first kappa shape index (κ1) is 14.8. The minimum atomic E-state index is -0.720. The summed E-state index contributed by atoms with van der Waals surface area (Å²) < 4.78 is 0. The van der Waals surface area contributed by atoms with Crippen LogP contribution in [0.15, 0.2) is 24.3 Å². The fourth-order valence-corrected chi connectivity index (χ4v) is 4.96. The van der Waals surface area contributed by atoms with Gasteiger partial charge in [-0.1, -0.05) is 31.6 Å². The normalized spacial score (nSPS) is 31.8. The molecule has 0 bridgehead atoms. The van der Waals surface area contributed by atoms with Crippen LogP contribution in [-0.2, 0) is 4.79 Å². The number of nitrogens with zero attached hydrogens (tertiary/aromatic N) is 1. The summed E-state index contributed by atoms with van der Waals surface area (Å²) in [5, 5.41) is 13.1. The molecule has 23 heavy (non-hydrogen) atoms. The first-order valence-corrected chi connectivity index (χ1v) is 8.63. The fraction of sp³-hybridized carbons (Fsp3) is 0.526. The van der Waals surface area contributed by atoms with Crippen molar-refractivity contribution in [1.82, 2.24) is 4.90 Å². The van der Waals surface area contributed by atoms with Crippen molar-refractivity contribution in [3.05, 3.63) is 35.4 Å². The smallest absolute Gasteiger partial charge is 0.311 e. The third-order valence-electron chi connectivity index (χ3n) is 5.82. The quantitative estimate of drug-likeness (QED) is 0.901. The number of hydrogen-bond acceptors (Lipinski definition) is 3. The van der Waals surface area contributed by atoms with Gasteiger partial charge in [-0.15, -0.1) is 0 Å². The molecule has 4 heteroatoms. The third-order valence-corrected chi connectivity index (χ3v) is 5.82. The second kappa shape index (κ2) is 5.38. The minimum Gasteiger partial charge on any atom is -0.481 e. The molecule has 3 aliphatic rings. The van der Waals surface area contributed by atoms with Crippen molar-refractivity contribution < 1.29 is 9.90 Å². The predicted octanol–water partition coefficient (Wildman–Crippen LogP) is 3.02. The summed E-state index contributed by atoms with van der Waals surface area (Å²) in [6.07, 6.45) is 4.38. The molecule has 0 amide bonds. The van der Waals surface area contributed by atoms with Gasteiger partial charge in [-0.3, -0.25) is 9.69 Å². The van der Waals surface area contributed by atoms with E-state index in [4.69, 9.17) is 0 Å². The van der Waals surface area contributed by atoms with E-state index < -0.39 is 11.9 Å². The van der Waals surface area contributed by atoms with Gasteiger partial charge in [0.15, 0.2) is 0 Å². The molecule has 1 aromatic rings. The predicted molar refractivity (Wildman–Crippen MR) is 91.6 cm³/mol. The van der Waals surface area contributed by atoms with Gasteiger partial charge in [-0.05, 0) is 42.2 Å². The molecule has 0 saturated carbocycles. The Morgan fingerprint density at radius 3 is 3.00 bits per heavy atom. The van der Waals surface area contributed by atoms with Crippen molar-refractivity contribution in [3.63, 3.8) is 0 Å². The van der Waals surface area contributed by atoms with Gasteiger partial charge < -0.3 is 10.4 Å². The average Bonchev–Trinajstić information content (AvgIpc) is 2.96. The Balaban J connectivity index is 1.90. The SMILES string of the molecule is CCCC1C2CNc3cccc(c32)C2=C[C@@H](C(=O)O)CN(C)[C@@H]21. The first-order chi connectivity index (χ1) is 11.1. The van der Waals surface area contributed by atoms with Gasteiger partial charge in [0.2, 0.25) is 0 Å². The number of hydrogen-bond donors (Lipinski definition) is 2. The molecule has 2 unspecified atom stereocenters. The zero-order valence-corrected chi connectivity index (χ0v) is 13.7. The molecule has 4 atom stereocenters. The van der Waals surface area contributed by atoms with Gasteiger partial charge in [-0.25, -0.2) is 0 Å². The highest BCUT2D eigenvalue weighted by atomic mass is 16.4. The van der Waals surface area contributed by atoms with Crippen LogP contribution in [0.4, 0.5) is 5.69 Å². The van der Waals surface area contributed by atoms with Crippen LogP contribution in [0.1, 0.15) is 36.8 Å². The number of fused-ring (bicyclic) bond motifs is 2. The molecule has 0 spiro atoms. The molecule has 122 valence electrons. The van der Waals surface area contributed by atoms with E-state index in [0.717, 1.165) is 6.54 Å². The molecule has 2 aliphatic heterocycles. The monoisotopic (exact) mass is 312 g/mol. The lowest BCUT2D eigenvalue weighted by Gasteiger charge is -2.47. The Bertz CT molecular complexity index is 682. The lowest BCUT2D eigenvalue weighted by atomic mass is 9.66. The molecule has 4 rings (SSSR count). The zero-order valence-electron chi connectivity index (χ0n) is 13.7. The number of benzene rings is 1. The molecule has 0 saturated heterocycles. The van der Waals surface area contributed by atoms with Crippen molar-refractivity contribution in [2.75, 3.05) is 25.5 Å². The summed E-state index contributed by atoms with van der Waals surface area (Å²) >= 11 is 0. The van der Waals surface area contributed by atoms with Crippen LogP contribution in [0.2, 0.25) is 0 Å². The molecule has 0 radical (unpaired) electrons. The summed E-state index contributed by atoms with van der Waals surface area (Å²) in [6.45, 7) is 3.87. The van der Waals surface area contributed by atoms with Gasteiger partial charge in [-0.2, -0.15) is 0 Å². The number of aliphatic carboxylic acids is 1. The Morgan fingerprint density at radius 2 is 2.26 bits per heavy atom. The Hall–Kier alpha value is -1.81. The van der Waals surface area contributed by atoms with Gasteiger partial charge in [0.25, 0.3) is 0 Å². The van der Waals surface area contributed by atoms with Crippen molar-refractivity contribution in [3.8, 4) is 0 Å². The van der Waals surface area contributed by atoms with E-state index in [0.29, 0.717) is 24.4 Å².